The Morgan fingerprint density at radius 1 is 1.04 bits per heavy atom. The van der Waals surface area contributed by atoms with Crippen LogP contribution in [0, 0.1) is 0 Å². The maximum absolute atomic E-state index is 12.0. The van der Waals surface area contributed by atoms with E-state index in [4.69, 9.17) is 0 Å². The van der Waals surface area contributed by atoms with Gasteiger partial charge in [0.2, 0.25) is 5.91 Å². The molecule has 0 aromatic heterocycles. The fraction of sp³-hybridized carbons (Fsp3) is 0.286. The van der Waals surface area contributed by atoms with Gasteiger partial charge in [0.25, 0.3) is 5.91 Å². The summed E-state index contributed by atoms with van der Waals surface area (Å²) in [4.78, 5) is 23.7. The third-order valence-electron chi connectivity index (χ3n) is 3.85. The summed E-state index contributed by atoms with van der Waals surface area (Å²) in [6, 6.07) is 16.9. The molecule has 136 valence electrons. The van der Waals surface area contributed by atoms with Crippen LogP contribution in [0.5, 0.6) is 0 Å². The number of amides is 2. The van der Waals surface area contributed by atoms with E-state index in [9.17, 15) is 9.59 Å². The van der Waals surface area contributed by atoms with Gasteiger partial charge in [-0.3, -0.25) is 9.59 Å². The van der Waals surface area contributed by atoms with E-state index in [0.29, 0.717) is 17.7 Å². The molecule has 0 unspecified atom stereocenters. The van der Waals surface area contributed by atoms with E-state index < -0.39 is 0 Å². The minimum Gasteiger partial charge on any atom is -0.326 e. The fourth-order valence-corrected chi connectivity index (χ4v) is 2.38. The van der Waals surface area contributed by atoms with Crippen molar-refractivity contribution in [2.45, 2.75) is 39.0 Å². The van der Waals surface area contributed by atoms with Gasteiger partial charge in [-0.2, -0.15) is 5.10 Å². The van der Waals surface area contributed by atoms with Crippen molar-refractivity contribution in [3.8, 4) is 0 Å². The van der Waals surface area contributed by atoms with E-state index in [2.05, 4.69) is 28.0 Å². The average molecular weight is 351 g/mol. The van der Waals surface area contributed by atoms with Gasteiger partial charge < -0.3 is 5.32 Å². The second kappa shape index (κ2) is 10.8. The standard InChI is InChI=1S/C21H25N3O2/c1-2-3-11-20(25)23-19-14-12-18(13-15-19)21(26)24-22-16-7-10-17-8-5-4-6-9-17/h4-6,8-9,12-16H,2-3,7,10-11H2,1H3,(H,23,25)(H,24,26). The van der Waals surface area contributed by atoms with E-state index in [1.54, 1.807) is 30.5 Å². The predicted molar refractivity (Wildman–Crippen MR) is 105 cm³/mol. The molecule has 0 radical (unpaired) electrons. The first-order valence-electron chi connectivity index (χ1n) is 8.94. The SMILES string of the molecule is CCCCC(=O)Nc1ccc(C(=O)NN=CCCc2ccccc2)cc1. The highest BCUT2D eigenvalue weighted by molar-refractivity contribution is 5.95. The Morgan fingerprint density at radius 2 is 1.77 bits per heavy atom. The molecule has 2 rings (SSSR count). The van der Waals surface area contributed by atoms with E-state index >= 15 is 0 Å². The molecule has 2 aromatic carbocycles. The van der Waals surface area contributed by atoms with Crippen molar-refractivity contribution in [3.05, 3.63) is 65.7 Å². The highest BCUT2D eigenvalue weighted by atomic mass is 16.2. The van der Waals surface area contributed by atoms with Gasteiger partial charge in [-0.05, 0) is 49.1 Å². The monoisotopic (exact) mass is 351 g/mol. The van der Waals surface area contributed by atoms with Crippen LogP contribution in [0.2, 0.25) is 0 Å². The summed E-state index contributed by atoms with van der Waals surface area (Å²) in [5, 5.41) is 6.79. The van der Waals surface area contributed by atoms with E-state index in [1.807, 2.05) is 25.1 Å². The Balaban J connectivity index is 1.75. The Kier molecular flexibility index (Phi) is 8.06. The normalized spacial score (nSPS) is 10.7. The van der Waals surface area contributed by atoms with Gasteiger partial charge in [0.15, 0.2) is 0 Å². The van der Waals surface area contributed by atoms with E-state index in [0.717, 1.165) is 25.7 Å². The molecule has 5 heteroatoms. The van der Waals surface area contributed by atoms with Crippen molar-refractivity contribution >= 4 is 23.7 Å². The summed E-state index contributed by atoms with van der Waals surface area (Å²) >= 11 is 0. The van der Waals surface area contributed by atoms with Crippen molar-refractivity contribution in [3.63, 3.8) is 0 Å². The average Bonchev–Trinajstić information content (AvgIpc) is 2.67. The highest BCUT2D eigenvalue weighted by Crippen LogP contribution is 2.10. The zero-order valence-electron chi connectivity index (χ0n) is 15.1. The third-order valence-corrected chi connectivity index (χ3v) is 3.85. The summed E-state index contributed by atoms with van der Waals surface area (Å²) < 4.78 is 0. The Bertz CT molecular complexity index is 725. The molecular weight excluding hydrogens is 326 g/mol. The number of anilines is 1. The number of unbranched alkanes of at least 4 members (excludes halogenated alkanes) is 1. The Labute approximate surface area is 154 Å². The van der Waals surface area contributed by atoms with E-state index in [1.165, 1.54) is 5.56 Å². The van der Waals surface area contributed by atoms with Crippen LogP contribution in [0.15, 0.2) is 59.7 Å². The van der Waals surface area contributed by atoms with Crippen molar-refractivity contribution in [1.29, 1.82) is 0 Å². The number of rotatable bonds is 9. The van der Waals surface area contributed by atoms with Gasteiger partial charge in [-0.25, -0.2) is 5.43 Å². The number of carbonyl (C=O) groups is 2. The maximum atomic E-state index is 12.0. The molecule has 2 N–H and O–H groups in total. The lowest BCUT2D eigenvalue weighted by molar-refractivity contribution is -0.116. The Hall–Kier alpha value is -2.95. The number of nitrogens with one attached hydrogen (secondary N) is 2. The molecule has 0 aliphatic heterocycles. The van der Waals surface area contributed by atoms with Crippen LogP contribution in [0.4, 0.5) is 5.69 Å². The first kappa shape index (κ1) is 19.4. The molecule has 2 amide bonds. The number of benzene rings is 2. The minimum atomic E-state index is -0.273. The van der Waals surface area contributed by atoms with Crippen LogP contribution in [-0.4, -0.2) is 18.0 Å². The second-order valence-electron chi connectivity index (χ2n) is 6.01. The zero-order valence-corrected chi connectivity index (χ0v) is 15.1. The summed E-state index contributed by atoms with van der Waals surface area (Å²) in [6.07, 6.45) is 5.70. The molecule has 0 aliphatic carbocycles. The number of carbonyl (C=O) groups excluding carboxylic acids is 2. The lowest BCUT2D eigenvalue weighted by Gasteiger charge is -2.05. The van der Waals surface area contributed by atoms with Crippen LogP contribution in [0.1, 0.15) is 48.5 Å². The number of nitrogens with zero attached hydrogens (tertiary/aromatic N) is 1. The predicted octanol–water partition coefficient (Wildman–Crippen LogP) is 4.16. The molecular formula is C21H25N3O2. The van der Waals surface area contributed by atoms with Gasteiger partial charge >= 0.3 is 0 Å². The van der Waals surface area contributed by atoms with Crippen molar-refractivity contribution < 1.29 is 9.59 Å². The summed E-state index contributed by atoms with van der Waals surface area (Å²) in [5.41, 5.74) is 4.94. The molecule has 0 fully saturated rings. The lowest BCUT2D eigenvalue weighted by atomic mass is 10.1. The second-order valence-corrected chi connectivity index (χ2v) is 6.01. The Morgan fingerprint density at radius 3 is 2.46 bits per heavy atom. The topological polar surface area (TPSA) is 70.6 Å². The number of aryl methyl sites for hydroxylation is 1. The number of hydrogen-bond donors (Lipinski definition) is 2. The van der Waals surface area contributed by atoms with Crippen molar-refractivity contribution in [2.75, 3.05) is 5.32 Å². The summed E-state index contributed by atoms with van der Waals surface area (Å²) in [7, 11) is 0. The molecule has 0 saturated heterocycles. The van der Waals surface area contributed by atoms with Gasteiger partial charge in [-0.15, -0.1) is 0 Å². The molecule has 0 heterocycles. The smallest absolute Gasteiger partial charge is 0.271 e. The summed E-state index contributed by atoms with van der Waals surface area (Å²) in [5.74, 6) is -0.281. The van der Waals surface area contributed by atoms with E-state index in [-0.39, 0.29) is 11.8 Å². The lowest BCUT2D eigenvalue weighted by Crippen LogP contribution is -2.17. The fourth-order valence-electron chi connectivity index (χ4n) is 2.38. The van der Waals surface area contributed by atoms with Gasteiger partial charge in [0, 0.05) is 23.9 Å². The van der Waals surface area contributed by atoms with Crippen molar-refractivity contribution in [1.82, 2.24) is 5.43 Å². The third kappa shape index (κ3) is 6.89. The molecule has 0 saturated carbocycles. The van der Waals surface area contributed by atoms with Crippen LogP contribution in [-0.2, 0) is 11.2 Å². The highest BCUT2D eigenvalue weighted by Gasteiger charge is 2.05. The molecule has 0 spiro atoms. The van der Waals surface area contributed by atoms with Crippen LogP contribution < -0.4 is 10.7 Å². The quantitative estimate of drug-likeness (QED) is 0.526. The van der Waals surface area contributed by atoms with Gasteiger partial charge in [-0.1, -0.05) is 43.7 Å². The van der Waals surface area contributed by atoms with Crippen LogP contribution in [0.25, 0.3) is 0 Å². The van der Waals surface area contributed by atoms with Crippen molar-refractivity contribution in [2.24, 2.45) is 5.10 Å². The molecule has 5 nitrogen and oxygen atoms in total. The first-order valence-corrected chi connectivity index (χ1v) is 8.94. The molecule has 0 atom stereocenters. The van der Waals surface area contributed by atoms with Gasteiger partial charge in [0.05, 0.1) is 0 Å². The largest absolute Gasteiger partial charge is 0.326 e. The van der Waals surface area contributed by atoms with Gasteiger partial charge in [0.1, 0.15) is 0 Å². The number of hydrogen-bond acceptors (Lipinski definition) is 3. The van der Waals surface area contributed by atoms with Crippen LogP contribution in [0.3, 0.4) is 0 Å². The molecule has 2 aromatic rings. The first-order chi connectivity index (χ1) is 12.7. The van der Waals surface area contributed by atoms with Crippen LogP contribution >= 0.6 is 0 Å². The molecule has 0 aliphatic rings. The molecule has 0 bridgehead atoms. The minimum absolute atomic E-state index is 0.00734. The number of hydrazone groups is 1. The maximum Gasteiger partial charge on any atom is 0.271 e. The molecule has 26 heavy (non-hydrogen) atoms. The zero-order chi connectivity index (χ0) is 18.6. The summed E-state index contributed by atoms with van der Waals surface area (Å²) in [6.45, 7) is 2.05.